The SMILES string of the molecule is CC(C)c1cccc(C(C)C)c1N=C1C=C(C(C)(C)C)CC(C(C)(C)C)=C1O. The number of hydrogen-bond donors (Lipinski definition) is 1. The van der Waals surface area contributed by atoms with Crippen LogP contribution in [0.3, 0.4) is 0 Å². The lowest BCUT2D eigenvalue weighted by molar-refractivity contribution is 0.381. The lowest BCUT2D eigenvalue weighted by atomic mass is 9.72. The first-order valence-electron chi connectivity index (χ1n) is 10.6. The molecule has 0 radical (unpaired) electrons. The van der Waals surface area contributed by atoms with Crippen molar-refractivity contribution in [3.05, 3.63) is 52.3 Å². The predicted octanol–water partition coefficient (Wildman–Crippen LogP) is 8.24. The van der Waals surface area contributed by atoms with Gasteiger partial charge in [0.05, 0.1) is 5.69 Å². The summed E-state index contributed by atoms with van der Waals surface area (Å²) in [6.45, 7) is 22.0. The third-order valence-electron chi connectivity index (χ3n) is 5.65. The second-order valence-electron chi connectivity index (χ2n) is 10.8. The molecule has 0 amide bonds. The van der Waals surface area contributed by atoms with Gasteiger partial charge < -0.3 is 5.11 Å². The van der Waals surface area contributed by atoms with Crippen LogP contribution in [0.1, 0.15) is 98.6 Å². The zero-order valence-corrected chi connectivity index (χ0v) is 19.6. The van der Waals surface area contributed by atoms with Crippen molar-refractivity contribution in [1.82, 2.24) is 0 Å². The minimum atomic E-state index is -0.103. The van der Waals surface area contributed by atoms with Gasteiger partial charge in [-0.1, -0.05) is 93.0 Å². The van der Waals surface area contributed by atoms with Crippen LogP contribution in [0.25, 0.3) is 0 Å². The molecule has 0 aromatic heterocycles. The van der Waals surface area contributed by atoms with Crippen LogP contribution in [0.5, 0.6) is 0 Å². The van der Waals surface area contributed by atoms with E-state index in [1.54, 1.807) is 0 Å². The van der Waals surface area contributed by atoms with Crippen LogP contribution >= 0.6 is 0 Å². The Kier molecular flexibility index (Phi) is 6.33. The summed E-state index contributed by atoms with van der Waals surface area (Å²) in [6, 6.07) is 6.46. The minimum absolute atomic E-state index is 0.0381. The zero-order valence-electron chi connectivity index (χ0n) is 19.6. The summed E-state index contributed by atoms with van der Waals surface area (Å²) in [5, 5.41) is 11.2. The van der Waals surface area contributed by atoms with Crippen molar-refractivity contribution < 1.29 is 5.11 Å². The Balaban J connectivity index is 2.79. The quantitative estimate of drug-likeness (QED) is 0.561. The van der Waals surface area contributed by atoms with Gasteiger partial charge in [0, 0.05) is 0 Å². The maximum absolute atomic E-state index is 11.2. The van der Waals surface area contributed by atoms with E-state index >= 15 is 0 Å². The van der Waals surface area contributed by atoms with E-state index in [0.29, 0.717) is 23.3 Å². The van der Waals surface area contributed by atoms with Gasteiger partial charge in [0.1, 0.15) is 11.5 Å². The summed E-state index contributed by atoms with van der Waals surface area (Å²) in [4.78, 5) is 5.10. The van der Waals surface area contributed by atoms with E-state index in [9.17, 15) is 5.11 Å². The van der Waals surface area contributed by atoms with Gasteiger partial charge >= 0.3 is 0 Å². The Labute approximate surface area is 172 Å². The predicted molar refractivity (Wildman–Crippen MR) is 123 cm³/mol. The van der Waals surface area contributed by atoms with Gasteiger partial charge in [-0.15, -0.1) is 0 Å². The summed E-state index contributed by atoms with van der Waals surface area (Å²) < 4.78 is 0. The van der Waals surface area contributed by atoms with Crippen molar-refractivity contribution in [2.45, 2.75) is 87.5 Å². The number of hydrogen-bond acceptors (Lipinski definition) is 2. The van der Waals surface area contributed by atoms with E-state index < -0.39 is 0 Å². The van der Waals surface area contributed by atoms with Crippen molar-refractivity contribution in [2.24, 2.45) is 15.8 Å². The first kappa shape index (κ1) is 22.5. The van der Waals surface area contributed by atoms with Crippen molar-refractivity contribution in [2.75, 3.05) is 0 Å². The van der Waals surface area contributed by atoms with Gasteiger partial charge in [-0.25, -0.2) is 4.99 Å². The largest absolute Gasteiger partial charge is 0.506 e. The number of aliphatic hydroxyl groups excluding tert-OH is 1. The van der Waals surface area contributed by atoms with Crippen molar-refractivity contribution in [1.29, 1.82) is 0 Å². The molecule has 0 saturated carbocycles. The highest BCUT2D eigenvalue weighted by atomic mass is 16.3. The highest BCUT2D eigenvalue weighted by molar-refractivity contribution is 6.10. The smallest absolute Gasteiger partial charge is 0.141 e. The highest BCUT2D eigenvalue weighted by Gasteiger charge is 2.32. The Morgan fingerprint density at radius 3 is 1.75 bits per heavy atom. The van der Waals surface area contributed by atoms with Crippen LogP contribution in [0.2, 0.25) is 0 Å². The topological polar surface area (TPSA) is 32.6 Å². The summed E-state index contributed by atoms with van der Waals surface area (Å²) in [5.41, 5.74) is 6.53. The monoisotopic (exact) mass is 381 g/mol. The first-order chi connectivity index (χ1) is 12.7. The summed E-state index contributed by atoms with van der Waals surface area (Å²) >= 11 is 0. The lowest BCUT2D eigenvalue weighted by Gasteiger charge is -2.33. The number of nitrogens with zero attached hydrogens (tertiary/aromatic N) is 1. The molecule has 2 rings (SSSR count). The lowest BCUT2D eigenvalue weighted by Crippen LogP contribution is -2.24. The maximum atomic E-state index is 11.2. The van der Waals surface area contributed by atoms with Crippen molar-refractivity contribution in [3.8, 4) is 0 Å². The fourth-order valence-electron chi connectivity index (χ4n) is 3.66. The molecule has 0 spiro atoms. The highest BCUT2D eigenvalue weighted by Crippen LogP contribution is 2.43. The van der Waals surface area contributed by atoms with E-state index in [1.807, 2.05) is 0 Å². The third kappa shape index (κ3) is 4.77. The standard InChI is InChI=1S/C26H39NO/c1-16(2)19-12-11-13-20(17(3)4)23(19)27-22-15-18(25(5,6)7)14-21(24(22)28)26(8,9)10/h11-13,15-17,28H,14H2,1-10H3. The molecule has 0 fully saturated rings. The van der Waals surface area contributed by atoms with Gasteiger partial charge in [-0.3, -0.25) is 0 Å². The van der Waals surface area contributed by atoms with E-state index in [-0.39, 0.29) is 10.8 Å². The van der Waals surface area contributed by atoms with E-state index in [4.69, 9.17) is 4.99 Å². The molecule has 1 aromatic carbocycles. The molecular formula is C26H39NO. The Bertz CT molecular complexity index is 795. The van der Waals surface area contributed by atoms with E-state index in [2.05, 4.69) is 93.5 Å². The molecule has 0 bridgehead atoms. The molecule has 1 aliphatic carbocycles. The number of allylic oxidation sites excluding steroid dienone is 3. The average molecular weight is 382 g/mol. The maximum Gasteiger partial charge on any atom is 0.141 e. The molecule has 0 saturated heterocycles. The van der Waals surface area contributed by atoms with E-state index in [0.717, 1.165) is 17.7 Å². The Morgan fingerprint density at radius 2 is 1.36 bits per heavy atom. The van der Waals surface area contributed by atoms with Crippen LogP contribution in [0, 0.1) is 10.8 Å². The van der Waals surface area contributed by atoms with Crippen molar-refractivity contribution >= 4 is 11.4 Å². The average Bonchev–Trinajstić information content (AvgIpc) is 2.54. The van der Waals surface area contributed by atoms with Gasteiger partial charge in [-0.05, 0) is 51.9 Å². The molecule has 0 aliphatic heterocycles. The molecule has 0 atom stereocenters. The molecule has 1 aromatic rings. The van der Waals surface area contributed by atoms with Crippen LogP contribution in [-0.2, 0) is 0 Å². The number of aliphatic imine (C=N–C) groups is 1. The first-order valence-corrected chi connectivity index (χ1v) is 10.6. The molecule has 28 heavy (non-hydrogen) atoms. The van der Waals surface area contributed by atoms with Gasteiger partial charge in [0.2, 0.25) is 0 Å². The molecule has 154 valence electrons. The molecule has 1 N–H and O–H groups in total. The second kappa shape index (κ2) is 7.89. The van der Waals surface area contributed by atoms with Crippen molar-refractivity contribution in [3.63, 3.8) is 0 Å². The normalized spacial score (nSPS) is 17.7. The second-order valence-corrected chi connectivity index (χ2v) is 10.8. The number of para-hydroxylation sites is 1. The molecular weight excluding hydrogens is 342 g/mol. The van der Waals surface area contributed by atoms with Gasteiger partial charge in [0.25, 0.3) is 0 Å². The molecule has 0 unspecified atom stereocenters. The van der Waals surface area contributed by atoms with E-state index in [1.165, 1.54) is 16.7 Å². The third-order valence-corrected chi connectivity index (χ3v) is 5.65. The number of aliphatic hydroxyl groups is 1. The van der Waals surface area contributed by atoms with Crippen LogP contribution in [-0.4, -0.2) is 10.8 Å². The fourth-order valence-corrected chi connectivity index (χ4v) is 3.66. The van der Waals surface area contributed by atoms with Crippen LogP contribution in [0.15, 0.2) is 46.2 Å². The fraction of sp³-hybridized carbons (Fsp3) is 0.577. The zero-order chi connectivity index (χ0) is 21.4. The molecule has 1 aliphatic rings. The van der Waals surface area contributed by atoms with Gasteiger partial charge in [0.15, 0.2) is 0 Å². The Hall–Kier alpha value is -1.83. The summed E-state index contributed by atoms with van der Waals surface area (Å²) in [5.74, 6) is 1.11. The molecule has 2 heteroatoms. The van der Waals surface area contributed by atoms with Crippen LogP contribution < -0.4 is 0 Å². The summed E-state index contributed by atoms with van der Waals surface area (Å²) in [7, 11) is 0. The van der Waals surface area contributed by atoms with Gasteiger partial charge in [-0.2, -0.15) is 0 Å². The molecule has 2 nitrogen and oxygen atoms in total. The molecule has 0 heterocycles. The minimum Gasteiger partial charge on any atom is -0.506 e. The Morgan fingerprint density at radius 1 is 0.857 bits per heavy atom. The summed E-state index contributed by atoms with van der Waals surface area (Å²) in [6.07, 6.45) is 2.92. The van der Waals surface area contributed by atoms with Crippen LogP contribution in [0.4, 0.5) is 5.69 Å². The number of rotatable bonds is 3. The number of benzene rings is 1.